The Bertz CT molecular complexity index is 605. The van der Waals surface area contributed by atoms with Gasteiger partial charge in [-0.05, 0) is 66.5 Å². The molecular formula is C25H58N4O10. The second-order valence-corrected chi connectivity index (χ2v) is 7.77. The Labute approximate surface area is 233 Å². The van der Waals surface area contributed by atoms with Crippen LogP contribution in [-0.4, -0.2) is 107 Å². The molecule has 0 aromatic heterocycles. The van der Waals surface area contributed by atoms with E-state index in [-0.39, 0.29) is 38.5 Å². The van der Waals surface area contributed by atoms with Gasteiger partial charge in [-0.3, -0.25) is 0 Å². The number of hydrogen-bond donors (Lipinski definition) is 2. The summed E-state index contributed by atoms with van der Waals surface area (Å²) in [5, 5.41) is 20.4. The van der Waals surface area contributed by atoms with Crippen LogP contribution >= 0.6 is 0 Å². The van der Waals surface area contributed by atoms with E-state index in [4.69, 9.17) is 4.79 Å². The molecule has 0 heterocycles. The minimum atomic E-state index is -1.33. The highest BCUT2D eigenvalue weighted by Gasteiger charge is 2.16. The van der Waals surface area contributed by atoms with Crippen molar-refractivity contribution in [1.82, 2.24) is 0 Å². The van der Waals surface area contributed by atoms with Crippen LogP contribution in [0.3, 0.4) is 0 Å². The van der Waals surface area contributed by atoms with Crippen molar-refractivity contribution in [3.8, 4) is 0 Å². The van der Waals surface area contributed by atoms with Crippen molar-refractivity contribution in [3.63, 3.8) is 0 Å². The van der Waals surface area contributed by atoms with Crippen molar-refractivity contribution in [1.29, 1.82) is 0 Å². The first-order valence-electron chi connectivity index (χ1n) is 12.1. The predicted octanol–water partition coefficient (Wildman–Crippen LogP) is -2.92. The van der Waals surface area contributed by atoms with E-state index in [0.29, 0.717) is 0 Å². The van der Waals surface area contributed by atoms with Crippen LogP contribution in [0.2, 0.25) is 0 Å². The summed E-state index contributed by atoms with van der Waals surface area (Å²) in [4.78, 5) is 29.4. The van der Waals surface area contributed by atoms with E-state index >= 15 is 0 Å². The van der Waals surface area contributed by atoms with Crippen LogP contribution in [0.1, 0.15) is 76.1 Å². The molecule has 1 aromatic carbocycles. The number of urea groups is 1. The number of aromatic carboxylic acids is 2. The summed E-state index contributed by atoms with van der Waals surface area (Å²) in [6.07, 6.45) is 0. The van der Waals surface area contributed by atoms with Crippen LogP contribution in [0.5, 0.6) is 0 Å². The van der Waals surface area contributed by atoms with Crippen LogP contribution in [0.15, 0.2) is 24.3 Å². The third-order valence-corrected chi connectivity index (χ3v) is 6.72. The van der Waals surface area contributed by atoms with E-state index in [2.05, 4.69) is 66.9 Å². The lowest BCUT2D eigenvalue weighted by atomic mass is 10.1. The summed E-state index contributed by atoms with van der Waals surface area (Å²) in [6, 6.07) is 3.78. The van der Waals surface area contributed by atoms with Gasteiger partial charge in [0, 0.05) is 0 Å². The zero-order valence-electron chi connectivity index (χ0n) is 25.1. The number of quaternary nitrogens is 2. The first kappa shape index (κ1) is 56.4. The van der Waals surface area contributed by atoms with Crippen molar-refractivity contribution in [2.75, 3.05) is 52.4 Å². The van der Waals surface area contributed by atoms with E-state index in [1.54, 1.807) is 0 Å². The molecule has 0 saturated heterocycles. The SMILES string of the molecule is CC[N+](CC)(CC)CC.CC[N+](CC)(CC)CC.NC(N)=O.O.O.O.O.O.O=C([O-])c1ccc(C(=O)[O-])cc1. The second kappa shape index (κ2) is 31.4. The molecule has 0 bridgehead atoms. The average Bonchev–Trinajstić information content (AvgIpc) is 2.83. The number of carbonyl (C=O) groups is 3. The van der Waals surface area contributed by atoms with Gasteiger partial charge in [0.2, 0.25) is 0 Å². The first-order chi connectivity index (χ1) is 15.8. The molecule has 0 spiro atoms. The van der Waals surface area contributed by atoms with E-state index in [1.807, 2.05) is 0 Å². The fourth-order valence-electron chi connectivity index (χ4n) is 3.43. The molecule has 1 aromatic rings. The predicted molar refractivity (Wildman–Crippen MR) is 152 cm³/mol. The van der Waals surface area contributed by atoms with Crippen LogP contribution in [0.25, 0.3) is 0 Å². The summed E-state index contributed by atoms with van der Waals surface area (Å²) in [5.74, 6) is -2.67. The fourth-order valence-corrected chi connectivity index (χ4v) is 3.43. The highest BCUT2D eigenvalue weighted by molar-refractivity contribution is 5.89. The van der Waals surface area contributed by atoms with Gasteiger partial charge in [0.25, 0.3) is 0 Å². The molecule has 14 N–H and O–H groups in total. The maximum absolute atomic E-state index is 10.2. The topological polar surface area (TPSA) is 307 Å². The zero-order valence-corrected chi connectivity index (χ0v) is 25.1. The monoisotopic (exact) mass is 574 g/mol. The minimum Gasteiger partial charge on any atom is -0.545 e. The Balaban J connectivity index is -0.0000000549. The van der Waals surface area contributed by atoms with Crippen LogP contribution in [-0.2, 0) is 0 Å². The molecule has 0 atom stereocenters. The standard InChI is InChI=1S/2C8H20N.C8H6O4.CH4N2O.5H2O/c2*1-5-9(6-2,7-3)8-4;9-7(10)5-1-2-6(4-3-5)8(11)12;2-1(3)4;;;;;/h2*5-8H2,1-4H3;1-4H,(H,9,10)(H,11,12);(H4,2,3,4);5*1H2/q2*+1;;;;;;;/p-2. The zero-order chi connectivity index (χ0) is 27.4. The molecule has 0 saturated carbocycles. The van der Waals surface area contributed by atoms with Crippen molar-refractivity contribution >= 4 is 18.0 Å². The van der Waals surface area contributed by atoms with E-state index in [0.717, 1.165) is 24.3 Å². The number of nitrogens with two attached hydrogens (primary N) is 2. The van der Waals surface area contributed by atoms with Gasteiger partial charge in [-0.25, -0.2) is 4.79 Å². The highest BCUT2D eigenvalue weighted by Crippen LogP contribution is 2.04. The van der Waals surface area contributed by atoms with Crippen molar-refractivity contribution in [2.24, 2.45) is 11.5 Å². The molecule has 14 heteroatoms. The highest BCUT2D eigenvalue weighted by atomic mass is 16.4. The van der Waals surface area contributed by atoms with Gasteiger partial charge in [0.1, 0.15) is 0 Å². The van der Waals surface area contributed by atoms with Crippen LogP contribution in [0.4, 0.5) is 4.79 Å². The number of amides is 2. The lowest BCUT2D eigenvalue weighted by Gasteiger charge is -2.34. The van der Waals surface area contributed by atoms with E-state index in [9.17, 15) is 19.8 Å². The molecule has 0 radical (unpaired) electrons. The van der Waals surface area contributed by atoms with Crippen LogP contribution in [0, 0.1) is 0 Å². The van der Waals surface area contributed by atoms with Gasteiger partial charge in [-0.2, -0.15) is 0 Å². The number of carboxylic acids is 2. The number of nitrogens with zero attached hydrogens (tertiary/aromatic N) is 2. The van der Waals surface area contributed by atoms with Gasteiger partial charge in [-0.15, -0.1) is 0 Å². The number of primary amides is 2. The molecule has 0 aliphatic carbocycles. The third kappa shape index (κ3) is 25.2. The molecule has 39 heavy (non-hydrogen) atoms. The van der Waals surface area contributed by atoms with Crippen molar-refractivity contribution < 1.29 is 60.9 Å². The molecular weight excluding hydrogens is 516 g/mol. The quantitative estimate of drug-likeness (QED) is 0.276. The number of carboxylic acid groups (broad SMARTS) is 2. The van der Waals surface area contributed by atoms with Gasteiger partial charge in [0.05, 0.1) is 64.3 Å². The van der Waals surface area contributed by atoms with Gasteiger partial charge in [-0.1, -0.05) is 24.3 Å². The summed E-state index contributed by atoms with van der Waals surface area (Å²) in [6.45, 7) is 28.4. The molecule has 0 unspecified atom stereocenters. The number of rotatable bonds is 10. The maximum atomic E-state index is 10.2. The van der Waals surface area contributed by atoms with Gasteiger partial charge in [0.15, 0.2) is 0 Å². The van der Waals surface area contributed by atoms with Gasteiger partial charge >= 0.3 is 6.03 Å². The lowest BCUT2D eigenvalue weighted by Crippen LogP contribution is -2.47. The molecule has 0 aliphatic heterocycles. The molecule has 238 valence electrons. The lowest BCUT2D eigenvalue weighted by molar-refractivity contribution is -0.921. The number of hydrogen-bond acceptors (Lipinski definition) is 5. The normalized spacial score (nSPS) is 9.03. The van der Waals surface area contributed by atoms with E-state index < -0.39 is 18.0 Å². The first-order valence-corrected chi connectivity index (χ1v) is 12.1. The third-order valence-electron chi connectivity index (χ3n) is 6.72. The molecule has 2 amide bonds. The maximum Gasteiger partial charge on any atom is 0.309 e. The van der Waals surface area contributed by atoms with Crippen molar-refractivity contribution in [2.45, 2.75) is 55.4 Å². The smallest absolute Gasteiger partial charge is 0.309 e. The molecule has 0 aliphatic rings. The van der Waals surface area contributed by atoms with Gasteiger partial charge < -0.3 is 67.6 Å². The summed E-state index contributed by atoms with van der Waals surface area (Å²) >= 11 is 0. The Hall–Kier alpha value is -2.85. The Morgan fingerprint density at radius 1 is 0.513 bits per heavy atom. The molecule has 1 rings (SSSR count). The van der Waals surface area contributed by atoms with Crippen molar-refractivity contribution in [3.05, 3.63) is 35.4 Å². The molecule has 14 nitrogen and oxygen atoms in total. The second-order valence-electron chi connectivity index (χ2n) is 7.77. The minimum absolute atomic E-state index is 0. The Morgan fingerprint density at radius 2 is 0.641 bits per heavy atom. The number of benzene rings is 1. The largest absolute Gasteiger partial charge is 0.545 e. The van der Waals surface area contributed by atoms with E-state index in [1.165, 1.54) is 61.3 Å². The fraction of sp³-hybridized carbons (Fsp3) is 0.640. The summed E-state index contributed by atoms with van der Waals surface area (Å²) < 4.78 is 2.56. The Kier molecular flexibility index (Phi) is 45.3. The number of carbonyl (C=O) groups excluding carboxylic acids is 3. The summed E-state index contributed by atoms with van der Waals surface area (Å²) in [7, 11) is 0. The van der Waals surface area contributed by atoms with Crippen LogP contribution < -0.4 is 21.7 Å². The molecule has 0 fully saturated rings. The Morgan fingerprint density at radius 3 is 0.692 bits per heavy atom. The summed E-state index contributed by atoms with van der Waals surface area (Å²) in [5.41, 5.74) is 8.39. The average molecular weight is 575 g/mol.